The Kier molecular flexibility index (Phi) is 2.04. The Bertz CT molecular complexity index is 332. The number of aromatic hydroxyl groups is 2. The van der Waals surface area contributed by atoms with Gasteiger partial charge in [-0.05, 0) is 19.1 Å². The van der Waals surface area contributed by atoms with Gasteiger partial charge in [0.2, 0.25) is 0 Å². The monoisotopic (exact) mass is 166 g/mol. The smallest absolute Gasteiger partial charge is 0.180 e. The van der Waals surface area contributed by atoms with Crippen molar-refractivity contribution in [3.8, 4) is 11.5 Å². The van der Waals surface area contributed by atoms with Crippen LogP contribution in [0.15, 0.2) is 12.1 Å². The summed E-state index contributed by atoms with van der Waals surface area (Å²) in [5.74, 6) is 0.132. The molecule has 3 heteroatoms. The summed E-state index contributed by atoms with van der Waals surface area (Å²) in [7, 11) is 0. The lowest BCUT2D eigenvalue weighted by Gasteiger charge is -2.04. The fraction of sp³-hybridized carbons (Fsp3) is 0.222. The predicted octanol–water partition coefficient (Wildman–Crippen LogP) is -0.0257. The van der Waals surface area contributed by atoms with Gasteiger partial charge in [0.25, 0.3) is 0 Å². The van der Waals surface area contributed by atoms with Crippen molar-refractivity contribution in [2.75, 3.05) is 0 Å². The van der Waals surface area contributed by atoms with Crippen LogP contribution in [0, 0.1) is 6.92 Å². The van der Waals surface area contributed by atoms with Crippen LogP contribution in [0.2, 0.25) is 0 Å². The summed E-state index contributed by atoms with van der Waals surface area (Å²) in [5.41, 5.74) is 1.57. The number of benzene rings is 1. The van der Waals surface area contributed by atoms with Gasteiger partial charge < -0.3 is 10.2 Å². The largest absolute Gasteiger partial charge is 0.508 e. The van der Waals surface area contributed by atoms with Crippen molar-refractivity contribution in [1.82, 2.24) is 0 Å². The standard InChI is InChI=1S/C9H11NO2/c1-5-8(11)4-3-7(6(2)10)9(5)12/h3-4,10-12H,1-2H3/p+1. The Morgan fingerprint density at radius 1 is 1.33 bits per heavy atom. The van der Waals surface area contributed by atoms with Crippen molar-refractivity contribution < 1.29 is 15.6 Å². The number of hydrogen-bond acceptors (Lipinski definition) is 2. The molecule has 0 aliphatic rings. The van der Waals surface area contributed by atoms with Gasteiger partial charge in [-0.1, -0.05) is 0 Å². The molecule has 0 aliphatic heterocycles. The maximum absolute atomic E-state index is 9.49. The molecule has 0 amide bonds. The highest BCUT2D eigenvalue weighted by molar-refractivity contribution is 5.97. The average molecular weight is 166 g/mol. The maximum Gasteiger partial charge on any atom is 0.180 e. The van der Waals surface area contributed by atoms with Gasteiger partial charge in [0, 0.05) is 12.5 Å². The number of hydrogen-bond donors (Lipinski definition) is 3. The number of rotatable bonds is 1. The van der Waals surface area contributed by atoms with Crippen molar-refractivity contribution >= 4 is 5.71 Å². The normalized spacial score (nSPS) is 9.83. The van der Waals surface area contributed by atoms with Crippen LogP contribution < -0.4 is 5.41 Å². The van der Waals surface area contributed by atoms with Crippen LogP contribution >= 0.6 is 0 Å². The second kappa shape index (κ2) is 2.85. The van der Waals surface area contributed by atoms with Gasteiger partial charge in [-0.15, -0.1) is 0 Å². The Morgan fingerprint density at radius 2 is 1.92 bits per heavy atom. The molecular weight excluding hydrogens is 154 g/mol. The van der Waals surface area contributed by atoms with Crippen LogP contribution in [-0.4, -0.2) is 15.9 Å². The van der Waals surface area contributed by atoms with E-state index in [4.69, 9.17) is 5.41 Å². The van der Waals surface area contributed by atoms with Crippen LogP contribution in [0.4, 0.5) is 0 Å². The third-order valence-electron chi connectivity index (χ3n) is 1.83. The molecule has 0 aliphatic carbocycles. The summed E-state index contributed by atoms with van der Waals surface area (Å²) in [6.07, 6.45) is 0. The zero-order valence-corrected chi connectivity index (χ0v) is 7.13. The predicted molar refractivity (Wildman–Crippen MR) is 46.2 cm³/mol. The molecule has 3 nitrogen and oxygen atoms in total. The molecule has 0 saturated carbocycles. The quantitative estimate of drug-likeness (QED) is 0.513. The van der Waals surface area contributed by atoms with E-state index < -0.39 is 0 Å². The van der Waals surface area contributed by atoms with Gasteiger partial charge in [0.1, 0.15) is 11.5 Å². The van der Waals surface area contributed by atoms with Gasteiger partial charge in [0.15, 0.2) is 5.71 Å². The lowest BCUT2D eigenvalue weighted by atomic mass is 10.1. The number of phenolic OH excluding ortho intramolecular Hbond substituents is 2. The Balaban J connectivity index is 3.36. The first-order valence-corrected chi connectivity index (χ1v) is 3.65. The molecule has 64 valence electrons. The highest BCUT2D eigenvalue weighted by atomic mass is 16.3. The molecular formula is C9H12NO2+. The minimum atomic E-state index is 0.0509. The first-order chi connectivity index (χ1) is 5.54. The van der Waals surface area contributed by atoms with Gasteiger partial charge in [0.05, 0.1) is 5.56 Å². The molecule has 0 radical (unpaired) electrons. The maximum atomic E-state index is 9.49. The molecule has 0 aromatic heterocycles. The van der Waals surface area contributed by atoms with Crippen LogP contribution in [0.25, 0.3) is 0 Å². The molecule has 0 atom stereocenters. The third-order valence-corrected chi connectivity index (χ3v) is 1.83. The third kappa shape index (κ3) is 1.25. The molecule has 1 aromatic carbocycles. The molecule has 1 rings (SSSR count). The van der Waals surface area contributed by atoms with Crippen molar-refractivity contribution in [2.24, 2.45) is 0 Å². The van der Waals surface area contributed by atoms with E-state index in [9.17, 15) is 10.2 Å². The Labute approximate surface area is 70.8 Å². The number of phenols is 2. The highest BCUT2D eigenvalue weighted by Gasteiger charge is 2.11. The zero-order valence-electron chi connectivity index (χ0n) is 7.13. The van der Waals surface area contributed by atoms with Gasteiger partial charge in [-0.3, -0.25) is 5.41 Å². The summed E-state index contributed by atoms with van der Waals surface area (Å²) >= 11 is 0. The Hall–Kier alpha value is -1.51. The Morgan fingerprint density at radius 3 is 2.42 bits per heavy atom. The first-order valence-electron chi connectivity index (χ1n) is 3.65. The van der Waals surface area contributed by atoms with Gasteiger partial charge in [-0.2, -0.15) is 0 Å². The van der Waals surface area contributed by atoms with E-state index >= 15 is 0 Å². The van der Waals surface area contributed by atoms with Crippen molar-refractivity contribution in [1.29, 1.82) is 0 Å². The van der Waals surface area contributed by atoms with Crippen molar-refractivity contribution in [3.05, 3.63) is 23.3 Å². The second-order valence-corrected chi connectivity index (χ2v) is 2.79. The lowest BCUT2D eigenvalue weighted by molar-refractivity contribution is -0.113. The van der Waals surface area contributed by atoms with E-state index in [0.717, 1.165) is 0 Å². The summed E-state index contributed by atoms with van der Waals surface area (Å²) in [6.45, 7) is 3.34. The first kappa shape index (κ1) is 8.59. The fourth-order valence-corrected chi connectivity index (χ4v) is 1.01. The highest BCUT2D eigenvalue weighted by Crippen LogP contribution is 2.28. The molecule has 4 N–H and O–H groups in total. The van der Waals surface area contributed by atoms with E-state index in [2.05, 4.69) is 0 Å². The summed E-state index contributed by atoms with van der Waals surface area (Å²) in [6, 6.07) is 3.10. The van der Waals surface area contributed by atoms with Crippen LogP contribution in [0.3, 0.4) is 0 Å². The van der Waals surface area contributed by atoms with E-state index in [1.807, 2.05) is 0 Å². The fourth-order valence-electron chi connectivity index (χ4n) is 1.01. The van der Waals surface area contributed by atoms with Crippen LogP contribution in [-0.2, 0) is 0 Å². The molecule has 0 saturated heterocycles. The minimum absolute atomic E-state index is 0.0509. The average Bonchev–Trinajstić information content (AvgIpc) is 2.00. The summed E-state index contributed by atoms with van der Waals surface area (Å²) in [5, 5.41) is 24.2. The minimum Gasteiger partial charge on any atom is -0.508 e. The molecule has 0 heterocycles. The number of nitrogens with two attached hydrogens (primary N) is 1. The summed E-state index contributed by atoms with van der Waals surface area (Å²) in [4.78, 5) is 0. The summed E-state index contributed by atoms with van der Waals surface area (Å²) < 4.78 is 0. The van der Waals surface area contributed by atoms with Crippen molar-refractivity contribution in [3.63, 3.8) is 0 Å². The topological polar surface area (TPSA) is 66.0 Å². The van der Waals surface area contributed by atoms with Crippen LogP contribution in [0.1, 0.15) is 18.1 Å². The van der Waals surface area contributed by atoms with E-state index in [1.54, 1.807) is 19.9 Å². The lowest BCUT2D eigenvalue weighted by Crippen LogP contribution is -2.38. The van der Waals surface area contributed by atoms with Gasteiger partial charge in [-0.25, -0.2) is 0 Å². The van der Waals surface area contributed by atoms with Gasteiger partial charge >= 0.3 is 0 Å². The second-order valence-electron chi connectivity index (χ2n) is 2.79. The SMILES string of the molecule is CC(=[NH2+])c1ccc(O)c(C)c1O. The van der Waals surface area contributed by atoms with E-state index in [-0.39, 0.29) is 11.5 Å². The zero-order chi connectivity index (χ0) is 9.30. The van der Waals surface area contributed by atoms with Crippen molar-refractivity contribution in [2.45, 2.75) is 13.8 Å². The molecule has 0 fully saturated rings. The van der Waals surface area contributed by atoms with E-state index in [1.165, 1.54) is 6.07 Å². The van der Waals surface area contributed by atoms with E-state index in [0.29, 0.717) is 16.8 Å². The molecule has 0 unspecified atom stereocenters. The molecule has 1 aromatic rings. The molecule has 12 heavy (non-hydrogen) atoms. The molecule has 0 spiro atoms. The van der Waals surface area contributed by atoms with Crippen LogP contribution in [0.5, 0.6) is 11.5 Å². The molecule has 0 bridgehead atoms.